The molecule has 4 rings (SSSR count). The molecule has 122 valence electrons. The van der Waals surface area contributed by atoms with Gasteiger partial charge in [-0.3, -0.25) is 4.79 Å². The van der Waals surface area contributed by atoms with Gasteiger partial charge in [-0.15, -0.1) is 11.3 Å². The molecule has 1 saturated heterocycles. The summed E-state index contributed by atoms with van der Waals surface area (Å²) in [5, 5.41) is 4.08. The predicted molar refractivity (Wildman–Crippen MR) is 99.4 cm³/mol. The Balaban J connectivity index is 1.63. The van der Waals surface area contributed by atoms with Crippen LogP contribution in [0.4, 0.5) is 0 Å². The van der Waals surface area contributed by atoms with E-state index in [0.717, 1.165) is 52.3 Å². The third-order valence-electron chi connectivity index (χ3n) is 4.21. The minimum atomic E-state index is 0.209. The second-order valence-electron chi connectivity index (χ2n) is 5.75. The lowest BCUT2D eigenvalue weighted by Crippen LogP contribution is -2.29. The van der Waals surface area contributed by atoms with E-state index in [4.69, 9.17) is 0 Å². The quantitative estimate of drug-likeness (QED) is 0.523. The maximum absolute atomic E-state index is 12.3. The maximum Gasteiger partial charge on any atom is 0.232 e. The van der Waals surface area contributed by atoms with Crippen LogP contribution in [0.1, 0.15) is 12.8 Å². The first kappa shape index (κ1) is 15.6. The Kier molecular flexibility index (Phi) is 4.49. The number of rotatable bonds is 4. The SMILES string of the molecule is O=C(CSc1ncnc2scc(-c3ccccc3)c12)N1CCCC1. The number of hydrogen-bond donors (Lipinski definition) is 0. The van der Waals surface area contributed by atoms with E-state index in [0.29, 0.717) is 5.75 Å². The van der Waals surface area contributed by atoms with Crippen molar-refractivity contribution < 1.29 is 4.79 Å². The lowest BCUT2D eigenvalue weighted by Gasteiger charge is -2.14. The third-order valence-corrected chi connectivity index (χ3v) is 6.07. The molecular weight excluding hydrogens is 338 g/mol. The number of carbonyl (C=O) groups excluding carboxylic acids is 1. The van der Waals surface area contributed by atoms with Gasteiger partial charge in [-0.05, 0) is 18.4 Å². The monoisotopic (exact) mass is 355 g/mol. The molecule has 3 heterocycles. The van der Waals surface area contributed by atoms with Crippen LogP contribution in [0.2, 0.25) is 0 Å². The number of nitrogens with zero attached hydrogens (tertiary/aromatic N) is 3. The highest BCUT2D eigenvalue weighted by Gasteiger charge is 2.19. The van der Waals surface area contributed by atoms with E-state index in [2.05, 4.69) is 27.5 Å². The minimum Gasteiger partial charge on any atom is -0.342 e. The van der Waals surface area contributed by atoms with Gasteiger partial charge in [0.2, 0.25) is 5.91 Å². The molecule has 0 unspecified atom stereocenters. The minimum absolute atomic E-state index is 0.209. The molecule has 24 heavy (non-hydrogen) atoms. The predicted octanol–water partition coefficient (Wildman–Crippen LogP) is 4.07. The second kappa shape index (κ2) is 6.91. The van der Waals surface area contributed by atoms with Gasteiger partial charge in [0, 0.05) is 24.0 Å². The molecule has 0 saturated carbocycles. The average Bonchev–Trinajstić information content (AvgIpc) is 3.30. The number of amides is 1. The second-order valence-corrected chi connectivity index (χ2v) is 7.57. The molecule has 2 aromatic heterocycles. The van der Waals surface area contributed by atoms with E-state index in [9.17, 15) is 4.79 Å². The van der Waals surface area contributed by atoms with E-state index in [1.165, 1.54) is 11.8 Å². The Hall–Kier alpha value is -1.92. The average molecular weight is 355 g/mol. The third kappa shape index (κ3) is 3.03. The van der Waals surface area contributed by atoms with Crippen molar-refractivity contribution in [3.63, 3.8) is 0 Å². The fraction of sp³-hybridized carbons (Fsp3) is 0.278. The number of thioether (sulfide) groups is 1. The van der Waals surface area contributed by atoms with Gasteiger partial charge in [0.15, 0.2) is 0 Å². The Bertz CT molecular complexity index is 857. The zero-order valence-corrected chi connectivity index (χ0v) is 14.8. The van der Waals surface area contributed by atoms with Gasteiger partial charge in [0.1, 0.15) is 16.2 Å². The van der Waals surface area contributed by atoms with Crippen molar-refractivity contribution in [3.05, 3.63) is 42.0 Å². The highest BCUT2D eigenvalue weighted by atomic mass is 32.2. The highest BCUT2D eigenvalue weighted by Crippen LogP contribution is 2.37. The van der Waals surface area contributed by atoms with Gasteiger partial charge in [0.25, 0.3) is 0 Å². The number of carbonyl (C=O) groups is 1. The smallest absolute Gasteiger partial charge is 0.232 e. The number of thiophene rings is 1. The van der Waals surface area contributed by atoms with Gasteiger partial charge < -0.3 is 4.90 Å². The normalized spacial score (nSPS) is 14.4. The van der Waals surface area contributed by atoms with E-state index in [-0.39, 0.29) is 5.91 Å². The first-order valence-corrected chi connectivity index (χ1v) is 9.87. The molecule has 1 aliphatic rings. The highest BCUT2D eigenvalue weighted by molar-refractivity contribution is 8.00. The van der Waals surface area contributed by atoms with Crippen molar-refractivity contribution in [1.82, 2.24) is 14.9 Å². The van der Waals surface area contributed by atoms with Crippen LogP contribution in [0.25, 0.3) is 21.3 Å². The molecule has 0 radical (unpaired) electrons. The van der Waals surface area contributed by atoms with Crippen LogP contribution >= 0.6 is 23.1 Å². The van der Waals surface area contributed by atoms with E-state index >= 15 is 0 Å². The molecule has 0 spiro atoms. The maximum atomic E-state index is 12.3. The summed E-state index contributed by atoms with van der Waals surface area (Å²) in [6, 6.07) is 10.3. The molecule has 1 fully saturated rings. The zero-order valence-electron chi connectivity index (χ0n) is 13.1. The Morgan fingerprint density at radius 3 is 2.75 bits per heavy atom. The summed E-state index contributed by atoms with van der Waals surface area (Å²) in [6.45, 7) is 1.79. The molecular formula is C18H17N3OS2. The number of hydrogen-bond acceptors (Lipinski definition) is 5. The van der Waals surface area contributed by atoms with Crippen LogP contribution in [0.5, 0.6) is 0 Å². The topological polar surface area (TPSA) is 46.1 Å². The first-order valence-electron chi connectivity index (χ1n) is 8.01. The van der Waals surface area contributed by atoms with Gasteiger partial charge in [-0.1, -0.05) is 42.1 Å². The zero-order chi connectivity index (χ0) is 16.4. The standard InChI is InChI=1S/C18H17N3OS2/c22-15(21-8-4-5-9-21)11-24-18-16-14(13-6-2-1-3-7-13)10-23-17(16)19-12-20-18/h1-3,6-7,10,12H,4-5,8-9,11H2. The molecule has 1 aromatic carbocycles. The van der Waals surface area contributed by atoms with Gasteiger partial charge in [-0.2, -0.15) is 0 Å². The molecule has 3 aromatic rings. The van der Waals surface area contributed by atoms with Crippen molar-refractivity contribution in [3.8, 4) is 11.1 Å². The summed E-state index contributed by atoms with van der Waals surface area (Å²) < 4.78 is 0. The summed E-state index contributed by atoms with van der Waals surface area (Å²) in [7, 11) is 0. The Morgan fingerprint density at radius 2 is 1.96 bits per heavy atom. The molecule has 1 amide bonds. The molecule has 4 nitrogen and oxygen atoms in total. The van der Waals surface area contributed by atoms with Gasteiger partial charge >= 0.3 is 0 Å². The molecule has 0 aliphatic carbocycles. The summed E-state index contributed by atoms with van der Waals surface area (Å²) in [6.07, 6.45) is 3.84. The summed E-state index contributed by atoms with van der Waals surface area (Å²) in [5.41, 5.74) is 2.30. The van der Waals surface area contributed by atoms with E-state index in [1.807, 2.05) is 23.1 Å². The van der Waals surface area contributed by atoms with Crippen molar-refractivity contribution in [2.75, 3.05) is 18.8 Å². The Morgan fingerprint density at radius 1 is 1.17 bits per heavy atom. The summed E-state index contributed by atoms with van der Waals surface area (Å²) in [4.78, 5) is 24.1. The van der Waals surface area contributed by atoms with Crippen molar-refractivity contribution in [1.29, 1.82) is 0 Å². The summed E-state index contributed by atoms with van der Waals surface area (Å²) in [5.74, 6) is 0.650. The largest absolute Gasteiger partial charge is 0.342 e. The molecule has 0 N–H and O–H groups in total. The van der Waals surface area contributed by atoms with Crippen molar-refractivity contribution >= 4 is 39.2 Å². The summed E-state index contributed by atoms with van der Waals surface area (Å²) >= 11 is 3.15. The number of fused-ring (bicyclic) bond motifs is 1. The van der Waals surface area contributed by atoms with Crippen molar-refractivity contribution in [2.24, 2.45) is 0 Å². The molecule has 6 heteroatoms. The van der Waals surface area contributed by atoms with Gasteiger partial charge in [-0.25, -0.2) is 9.97 Å². The molecule has 0 atom stereocenters. The molecule has 0 bridgehead atoms. The first-order chi connectivity index (χ1) is 11.8. The van der Waals surface area contributed by atoms with E-state index < -0.39 is 0 Å². The van der Waals surface area contributed by atoms with Crippen LogP contribution in [0, 0.1) is 0 Å². The molecule has 1 aliphatic heterocycles. The van der Waals surface area contributed by atoms with E-state index in [1.54, 1.807) is 17.7 Å². The van der Waals surface area contributed by atoms with Crippen molar-refractivity contribution in [2.45, 2.75) is 17.9 Å². The van der Waals surface area contributed by atoms with Crippen LogP contribution in [0.3, 0.4) is 0 Å². The van der Waals surface area contributed by atoms with Crippen LogP contribution in [0.15, 0.2) is 47.1 Å². The lowest BCUT2D eigenvalue weighted by molar-refractivity contribution is -0.127. The van der Waals surface area contributed by atoms with Crippen LogP contribution in [-0.4, -0.2) is 39.6 Å². The number of aromatic nitrogens is 2. The van der Waals surface area contributed by atoms with Gasteiger partial charge in [0.05, 0.1) is 11.1 Å². The Labute approximate surface area is 148 Å². The number of likely N-dealkylation sites (tertiary alicyclic amines) is 1. The van der Waals surface area contributed by atoms with Crippen LogP contribution in [-0.2, 0) is 4.79 Å². The fourth-order valence-electron chi connectivity index (χ4n) is 2.98. The fourth-order valence-corrected chi connectivity index (χ4v) is 4.87. The van der Waals surface area contributed by atoms with Crippen LogP contribution < -0.4 is 0 Å². The lowest BCUT2D eigenvalue weighted by atomic mass is 10.1. The number of benzene rings is 1.